The smallest absolute Gasteiger partial charge is 0.304 e. The van der Waals surface area contributed by atoms with Crippen LogP contribution < -0.4 is 0 Å². The summed E-state index contributed by atoms with van der Waals surface area (Å²) >= 11 is 0. The molecule has 2 aromatic carbocycles. The molecular formula is C18H17NO2. The van der Waals surface area contributed by atoms with E-state index in [-0.39, 0.29) is 12.3 Å². The zero-order valence-electron chi connectivity index (χ0n) is 11.8. The van der Waals surface area contributed by atoms with Crippen LogP contribution >= 0.6 is 0 Å². The molecule has 1 heterocycles. The predicted molar refractivity (Wildman–Crippen MR) is 83.6 cm³/mol. The van der Waals surface area contributed by atoms with Gasteiger partial charge in [0, 0.05) is 22.5 Å². The maximum atomic E-state index is 11.3. The van der Waals surface area contributed by atoms with Crippen LogP contribution in [0.5, 0.6) is 0 Å². The Morgan fingerprint density at radius 3 is 2.48 bits per heavy atom. The quantitative estimate of drug-likeness (QED) is 0.756. The van der Waals surface area contributed by atoms with Crippen molar-refractivity contribution >= 4 is 16.9 Å². The fraction of sp³-hybridized carbons (Fsp3) is 0.167. The minimum Gasteiger partial charge on any atom is -0.481 e. The van der Waals surface area contributed by atoms with E-state index in [4.69, 9.17) is 0 Å². The number of carboxylic acids is 1. The Kier molecular flexibility index (Phi) is 3.48. The third-order valence-electron chi connectivity index (χ3n) is 3.87. The third kappa shape index (κ3) is 2.55. The van der Waals surface area contributed by atoms with Gasteiger partial charge in [-0.3, -0.25) is 4.79 Å². The summed E-state index contributed by atoms with van der Waals surface area (Å²) in [6.45, 7) is 2.01. The highest BCUT2D eigenvalue weighted by molar-refractivity contribution is 5.86. The summed E-state index contributed by atoms with van der Waals surface area (Å²) in [5, 5.41) is 10.4. The first kappa shape index (κ1) is 13.4. The molecular weight excluding hydrogens is 262 g/mol. The first-order valence-electron chi connectivity index (χ1n) is 7.00. The third-order valence-corrected chi connectivity index (χ3v) is 3.87. The van der Waals surface area contributed by atoms with Gasteiger partial charge in [-0.1, -0.05) is 48.5 Å². The number of benzene rings is 2. The molecule has 0 fully saturated rings. The standard InChI is InChI=1S/C18H17NO2/c1-12-18(14-9-5-6-10-16(14)19-12)15(11-17(20)21)13-7-3-2-4-8-13/h2-10,15,19H,11H2,1H3,(H,20,21)/t15-/m1/s1. The van der Waals surface area contributed by atoms with E-state index in [9.17, 15) is 9.90 Å². The molecule has 3 rings (SSSR count). The van der Waals surface area contributed by atoms with Gasteiger partial charge in [-0.25, -0.2) is 0 Å². The molecule has 21 heavy (non-hydrogen) atoms. The number of aryl methyl sites for hydroxylation is 1. The van der Waals surface area contributed by atoms with Gasteiger partial charge in [0.1, 0.15) is 0 Å². The molecule has 0 unspecified atom stereocenters. The molecule has 3 nitrogen and oxygen atoms in total. The van der Waals surface area contributed by atoms with Crippen molar-refractivity contribution in [1.29, 1.82) is 0 Å². The van der Waals surface area contributed by atoms with Crippen LogP contribution in [-0.2, 0) is 4.79 Å². The van der Waals surface area contributed by atoms with Gasteiger partial charge in [0.15, 0.2) is 0 Å². The number of nitrogens with one attached hydrogen (secondary N) is 1. The molecule has 0 radical (unpaired) electrons. The molecule has 0 bridgehead atoms. The zero-order valence-corrected chi connectivity index (χ0v) is 11.8. The lowest BCUT2D eigenvalue weighted by Crippen LogP contribution is -2.08. The monoisotopic (exact) mass is 279 g/mol. The van der Waals surface area contributed by atoms with Crippen molar-refractivity contribution in [2.24, 2.45) is 0 Å². The maximum Gasteiger partial charge on any atom is 0.304 e. The van der Waals surface area contributed by atoms with E-state index in [2.05, 4.69) is 4.98 Å². The van der Waals surface area contributed by atoms with Crippen molar-refractivity contribution in [1.82, 2.24) is 4.98 Å². The first-order valence-corrected chi connectivity index (χ1v) is 7.00. The largest absolute Gasteiger partial charge is 0.481 e. The Morgan fingerprint density at radius 1 is 1.10 bits per heavy atom. The molecule has 0 saturated heterocycles. The fourth-order valence-corrected chi connectivity index (χ4v) is 2.99. The van der Waals surface area contributed by atoms with Gasteiger partial charge >= 0.3 is 5.97 Å². The van der Waals surface area contributed by atoms with Gasteiger partial charge in [0.05, 0.1) is 6.42 Å². The summed E-state index contributed by atoms with van der Waals surface area (Å²) in [6, 6.07) is 17.9. The van der Waals surface area contributed by atoms with Crippen molar-refractivity contribution in [3.63, 3.8) is 0 Å². The predicted octanol–water partition coefficient (Wildman–Crippen LogP) is 4.08. The summed E-state index contributed by atoms with van der Waals surface area (Å²) in [5.74, 6) is -0.923. The zero-order chi connectivity index (χ0) is 14.8. The summed E-state index contributed by atoms with van der Waals surface area (Å²) in [7, 11) is 0. The van der Waals surface area contributed by atoms with E-state index < -0.39 is 5.97 Å². The molecule has 0 aliphatic heterocycles. The van der Waals surface area contributed by atoms with Crippen molar-refractivity contribution in [2.75, 3.05) is 0 Å². The van der Waals surface area contributed by atoms with E-state index in [1.54, 1.807) is 0 Å². The van der Waals surface area contributed by atoms with E-state index in [1.807, 2.05) is 61.5 Å². The molecule has 0 saturated carbocycles. The number of fused-ring (bicyclic) bond motifs is 1. The SMILES string of the molecule is Cc1[nH]c2ccccc2c1[C@H](CC(=O)O)c1ccccc1. The molecule has 0 aliphatic carbocycles. The maximum absolute atomic E-state index is 11.3. The second-order valence-corrected chi connectivity index (χ2v) is 5.27. The number of rotatable bonds is 4. The highest BCUT2D eigenvalue weighted by Crippen LogP contribution is 2.35. The van der Waals surface area contributed by atoms with Crippen molar-refractivity contribution in [2.45, 2.75) is 19.3 Å². The van der Waals surface area contributed by atoms with Crippen LogP contribution in [0, 0.1) is 6.92 Å². The Hall–Kier alpha value is -2.55. The van der Waals surface area contributed by atoms with Gasteiger partial charge in [-0.2, -0.15) is 0 Å². The Bertz CT molecular complexity index is 774. The summed E-state index contributed by atoms with van der Waals surface area (Å²) in [6.07, 6.45) is 0.0900. The molecule has 3 aromatic rings. The summed E-state index contributed by atoms with van der Waals surface area (Å²) in [5.41, 5.74) is 4.20. The van der Waals surface area contributed by atoms with Crippen molar-refractivity contribution in [3.8, 4) is 0 Å². The van der Waals surface area contributed by atoms with E-state index >= 15 is 0 Å². The summed E-state index contributed by atoms with van der Waals surface area (Å²) in [4.78, 5) is 14.7. The van der Waals surface area contributed by atoms with Gasteiger partial charge in [-0.05, 0) is 24.1 Å². The number of hydrogen-bond donors (Lipinski definition) is 2. The van der Waals surface area contributed by atoms with E-state index in [0.29, 0.717) is 0 Å². The number of aromatic nitrogens is 1. The van der Waals surface area contributed by atoms with Crippen LogP contribution in [0.25, 0.3) is 10.9 Å². The highest BCUT2D eigenvalue weighted by atomic mass is 16.4. The van der Waals surface area contributed by atoms with Gasteiger partial charge < -0.3 is 10.1 Å². The topological polar surface area (TPSA) is 53.1 Å². The van der Waals surface area contributed by atoms with Gasteiger partial charge in [0.2, 0.25) is 0 Å². The van der Waals surface area contributed by atoms with Gasteiger partial charge in [-0.15, -0.1) is 0 Å². The van der Waals surface area contributed by atoms with Crippen molar-refractivity contribution < 1.29 is 9.90 Å². The second kappa shape index (κ2) is 5.44. The molecule has 106 valence electrons. The number of aromatic amines is 1. The highest BCUT2D eigenvalue weighted by Gasteiger charge is 2.23. The van der Waals surface area contributed by atoms with Crippen LogP contribution in [0.4, 0.5) is 0 Å². The van der Waals surface area contributed by atoms with E-state index in [1.165, 1.54) is 0 Å². The molecule has 0 spiro atoms. The molecule has 0 amide bonds. The lowest BCUT2D eigenvalue weighted by Gasteiger charge is -2.16. The number of hydrogen-bond acceptors (Lipinski definition) is 1. The Balaban J connectivity index is 2.19. The second-order valence-electron chi connectivity index (χ2n) is 5.27. The molecule has 2 N–H and O–H groups in total. The normalized spacial score (nSPS) is 12.4. The average Bonchev–Trinajstić information content (AvgIpc) is 2.81. The first-order chi connectivity index (χ1) is 10.2. The Labute approximate surface area is 123 Å². The molecule has 1 atom stereocenters. The average molecular weight is 279 g/mol. The molecule has 0 aliphatic rings. The van der Waals surface area contributed by atoms with Crippen LogP contribution in [0.15, 0.2) is 54.6 Å². The number of carbonyl (C=O) groups is 1. The minimum atomic E-state index is -0.784. The van der Waals surface area contributed by atoms with Gasteiger partial charge in [0.25, 0.3) is 0 Å². The van der Waals surface area contributed by atoms with Crippen LogP contribution in [0.3, 0.4) is 0 Å². The number of para-hydroxylation sites is 1. The van der Waals surface area contributed by atoms with E-state index in [0.717, 1.165) is 27.7 Å². The number of aliphatic carboxylic acids is 1. The van der Waals surface area contributed by atoms with Crippen LogP contribution in [0.2, 0.25) is 0 Å². The van der Waals surface area contributed by atoms with Crippen LogP contribution in [0.1, 0.15) is 29.2 Å². The minimum absolute atomic E-state index is 0.0900. The fourth-order valence-electron chi connectivity index (χ4n) is 2.99. The molecule has 1 aromatic heterocycles. The summed E-state index contributed by atoms with van der Waals surface area (Å²) < 4.78 is 0. The Morgan fingerprint density at radius 2 is 1.76 bits per heavy atom. The number of carboxylic acid groups (broad SMARTS) is 1. The lowest BCUT2D eigenvalue weighted by molar-refractivity contribution is -0.137. The van der Waals surface area contributed by atoms with Crippen LogP contribution in [-0.4, -0.2) is 16.1 Å². The lowest BCUT2D eigenvalue weighted by atomic mass is 9.87. The number of H-pyrrole nitrogens is 1. The molecule has 3 heteroatoms. The van der Waals surface area contributed by atoms with Crippen molar-refractivity contribution in [3.05, 3.63) is 71.4 Å².